The topological polar surface area (TPSA) is 106 Å². The van der Waals surface area contributed by atoms with Crippen LogP contribution < -0.4 is 15.4 Å². The van der Waals surface area contributed by atoms with Gasteiger partial charge in [-0.2, -0.15) is 5.10 Å². The molecule has 2 N–H and O–H groups in total. The van der Waals surface area contributed by atoms with Gasteiger partial charge in [-0.25, -0.2) is 4.98 Å². The second-order valence-electron chi connectivity index (χ2n) is 6.34. The van der Waals surface area contributed by atoms with E-state index < -0.39 is 0 Å². The third kappa shape index (κ3) is 4.47. The van der Waals surface area contributed by atoms with Crippen molar-refractivity contribution in [3.05, 3.63) is 66.5 Å². The van der Waals surface area contributed by atoms with Gasteiger partial charge in [-0.1, -0.05) is 6.07 Å². The van der Waals surface area contributed by atoms with Gasteiger partial charge in [0.15, 0.2) is 0 Å². The zero-order valence-corrected chi connectivity index (χ0v) is 14.8. The quantitative estimate of drug-likeness (QED) is 0.685. The van der Waals surface area contributed by atoms with E-state index in [9.17, 15) is 9.59 Å². The van der Waals surface area contributed by atoms with E-state index >= 15 is 0 Å². The average molecular weight is 375 g/mol. The van der Waals surface area contributed by atoms with Crippen molar-refractivity contribution >= 4 is 23.3 Å². The van der Waals surface area contributed by atoms with Gasteiger partial charge in [-0.15, -0.1) is 5.10 Å². The molecule has 2 heterocycles. The summed E-state index contributed by atoms with van der Waals surface area (Å²) in [6.45, 7) is 0. The van der Waals surface area contributed by atoms with E-state index in [1.165, 1.54) is 6.20 Å². The van der Waals surface area contributed by atoms with E-state index in [-0.39, 0.29) is 17.7 Å². The normalized spacial score (nSPS) is 12.9. The van der Waals surface area contributed by atoms with Crippen LogP contribution in [-0.4, -0.2) is 27.0 Å². The molecule has 0 radical (unpaired) electrons. The fourth-order valence-corrected chi connectivity index (χ4v) is 2.52. The number of hydrogen-bond donors (Lipinski definition) is 2. The Balaban J connectivity index is 1.43. The van der Waals surface area contributed by atoms with Crippen molar-refractivity contribution in [3.8, 4) is 11.6 Å². The van der Waals surface area contributed by atoms with Gasteiger partial charge in [0.2, 0.25) is 11.8 Å². The fraction of sp³-hybridized carbons (Fsp3) is 0.150. The van der Waals surface area contributed by atoms with Crippen LogP contribution in [0.5, 0.6) is 11.6 Å². The summed E-state index contributed by atoms with van der Waals surface area (Å²) in [5.41, 5.74) is 0.952. The van der Waals surface area contributed by atoms with Crippen LogP contribution in [0.4, 0.5) is 11.5 Å². The van der Waals surface area contributed by atoms with Crippen molar-refractivity contribution in [1.29, 1.82) is 0 Å². The van der Waals surface area contributed by atoms with Crippen molar-refractivity contribution in [2.75, 3.05) is 10.6 Å². The van der Waals surface area contributed by atoms with E-state index in [1.54, 1.807) is 54.7 Å². The maximum absolute atomic E-state index is 12.6. The molecule has 1 saturated carbocycles. The molecular weight excluding hydrogens is 358 g/mol. The summed E-state index contributed by atoms with van der Waals surface area (Å²) in [5, 5.41) is 13.2. The lowest BCUT2D eigenvalue weighted by atomic mass is 10.2. The molecule has 0 spiro atoms. The average Bonchev–Trinajstić information content (AvgIpc) is 3.55. The molecule has 28 heavy (non-hydrogen) atoms. The number of anilines is 2. The van der Waals surface area contributed by atoms with Gasteiger partial charge in [0, 0.05) is 41.7 Å². The first-order valence-electron chi connectivity index (χ1n) is 8.81. The number of nitrogens with zero attached hydrogens (tertiary/aromatic N) is 3. The molecule has 8 heteroatoms. The molecule has 0 saturated heterocycles. The molecule has 140 valence electrons. The molecule has 0 aliphatic heterocycles. The number of hydrogen-bond acceptors (Lipinski definition) is 6. The summed E-state index contributed by atoms with van der Waals surface area (Å²) in [7, 11) is 0. The number of benzene rings is 1. The maximum Gasteiger partial charge on any atom is 0.255 e. The Morgan fingerprint density at radius 1 is 1.00 bits per heavy atom. The Bertz CT molecular complexity index is 1010. The van der Waals surface area contributed by atoms with Crippen molar-refractivity contribution in [1.82, 2.24) is 15.2 Å². The van der Waals surface area contributed by atoms with Crippen LogP contribution >= 0.6 is 0 Å². The van der Waals surface area contributed by atoms with Crippen molar-refractivity contribution < 1.29 is 14.3 Å². The molecule has 3 aromatic rings. The van der Waals surface area contributed by atoms with E-state index in [2.05, 4.69) is 25.8 Å². The standard InChI is InChI=1S/C20H17N5O3/c26-19(13-6-7-13)24-17-11-14(8-10-21-17)20(27)23-15-3-1-4-16(12-15)28-18-5-2-9-22-25-18/h1-5,8-13H,6-7H2,(H,23,27)(H,21,24,26). The third-order valence-corrected chi connectivity index (χ3v) is 4.08. The summed E-state index contributed by atoms with van der Waals surface area (Å²) in [6, 6.07) is 13.5. The SMILES string of the molecule is O=C(Nc1cccc(Oc2cccnn2)c1)c1ccnc(NC(=O)C2CC2)c1. The smallest absolute Gasteiger partial charge is 0.255 e. The zero-order valence-electron chi connectivity index (χ0n) is 14.8. The van der Waals surface area contributed by atoms with Crippen molar-refractivity contribution in [2.45, 2.75) is 12.8 Å². The van der Waals surface area contributed by atoms with Crippen LogP contribution in [-0.2, 0) is 4.79 Å². The Morgan fingerprint density at radius 2 is 1.89 bits per heavy atom. The van der Waals surface area contributed by atoms with Crippen LogP contribution in [0.3, 0.4) is 0 Å². The van der Waals surface area contributed by atoms with Crippen molar-refractivity contribution in [2.24, 2.45) is 5.92 Å². The minimum atomic E-state index is -0.319. The van der Waals surface area contributed by atoms with E-state index in [4.69, 9.17) is 4.74 Å². The second-order valence-corrected chi connectivity index (χ2v) is 6.34. The Labute approximate surface area is 161 Å². The molecule has 2 aromatic heterocycles. The molecule has 8 nitrogen and oxygen atoms in total. The number of nitrogens with one attached hydrogen (secondary N) is 2. The largest absolute Gasteiger partial charge is 0.437 e. The number of amides is 2. The van der Waals surface area contributed by atoms with Crippen LogP contribution in [0, 0.1) is 5.92 Å². The highest BCUT2D eigenvalue weighted by atomic mass is 16.5. The molecule has 2 amide bonds. The van der Waals surface area contributed by atoms with E-state index in [0.717, 1.165) is 12.8 Å². The minimum Gasteiger partial charge on any atom is -0.437 e. The first kappa shape index (κ1) is 17.6. The Morgan fingerprint density at radius 3 is 2.68 bits per heavy atom. The van der Waals surface area contributed by atoms with Crippen LogP contribution in [0.25, 0.3) is 0 Å². The van der Waals surface area contributed by atoms with Crippen LogP contribution in [0.1, 0.15) is 23.2 Å². The lowest BCUT2D eigenvalue weighted by Crippen LogP contribution is -2.16. The number of pyridine rings is 1. The summed E-state index contributed by atoms with van der Waals surface area (Å²) in [6.07, 6.45) is 4.85. The molecule has 1 aliphatic rings. The van der Waals surface area contributed by atoms with Crippen LogP contribution in [0.15, 0.2) is 60.9 Å². The van der Waals surface area contributed by atoms with Gasteiger partial charge in [0.1, 0.15) is 11.6 Å². The third-order valence-electron chi connectivity index (χ3n) is 4.08. The second kappa shape index (κ2) is 7.83. The number of carbonyl (C=O) groups is 2. The monoisotopic (exact) mass is 375 g/mol. The summed E-state index contributed by atoms with van der Waals surface area (Å²) in [4.78, 5) is 28.5. The van der Waals surface area contributed by atoms with E-state index in [1.807, 2.05) is 0 Å². The number of aromatic nitrogens is 3. The van der Waals surface area contributed by atoms with Gasteiger partial charge in [0.25, 0.3) is 5.91 Å². The van der Waals surface area contributed by atoms with Gasteiger partial charge >= 0.3 is 0 Å². The van der Waals surface area contributed by atoms with Crippen LogP contribution in [0.2, 0.25) is 0 Å². The van der Waals surface area contributed by atoms with Gasteiger partial charge < -0.3 is 15.4 Å². The lowest BCUT2D eigenvalue weighted by Gasteiger charge is -2.09. The Hall–Kier alpha value is -3.81. The minimum absolute atomic E-state index is 0.0566. The number of ether oxygens (including phenoxy) is 1. The van der Waals surface area contributed by atoms with Gasteiger partial charge in [0.05, 0.1) is 0 Å². The predicted octanol–water partition coefficient (Wildman–Crippen LogP) is 3.26. The van der Waals surface area contributed by atoms with Gasteiger partial charge in [-0.3, -0.25) is 9.59 Å². The first-order chi connectivity index (χ1) is 13.7. The lowest BCUT2D eigenvalue weighted by molar-refractivity contribution is -0.117. The fourth-order valence-electron chi connectivity index (χ4n) is 2.52. The number of rotatable bonds is 6. The van der Waals surface area contributed by atoms with E-state index in [0.29, 0.717) is 28.7 Å². The molecule has 1 fully saturated rings. The maximum atomic E-state index is 12.6. The molecule has 0 atom stereocenters. The summed E-state index contributed by atoms with van der Waals surface area (Å²) in [5.74, 6) is 0.932. The number of carbonyl (C=O) groups excluding carboxylic acids is 2. The highest BCUT2D eigenvalue weighted by Crippen LogP contribution is 2.30. The highest BCUT2D eigenvalue weighted by molar-refractivity contribution is 6.05. The molecular formula is C20H17N5O3. The van der Waals surface area contributed by atoms with Crippen molar-refractivity contribution in [3.63, 3.8) is 0 Å². The predicted molar refractivity (Wildman–Crippen MR) is 102 cm³/mol. The molecule has 1 aliphatic carbocycles. The Kier molecular flexibility index (Phi) is 4.92. The molecule has 4 rings (SSSR count). The summed E-state index contributed by atoms with van der Waals surface area (Å²) < 4.78 is 5.62. The molecule has 0 unspecified atom stereocenters. The molecule has 0 bridgehead atoms. The van der Waals surface area contributed by atoms with Gasteiger partial charge in [-0.05, 0) is 43.2 Å². The summed E-state index contributed by atoms with van der Waals surface area (Å²) >= 11 is 0. The first-order valence-corrected chi connectivity index (χ1v) is 8.81. The molecule has 1 aromatic carbocycles. The highest BCUT2D eigenvalue weighted by Gasteiger charge is 2.29. The zero-order chi connectivity index (χ0) is 19.3.